The molecule has 0 aliphatic heterocycles. The van der Waals surface area contributed by atoms with Crippen molar-refractivity contribution in [3.8, 4) is 0 Å². The van der Waals surface area contributed by atoms with Gasteiger partial charge in [-0.15, -0.1) is 0 Å². The van der Waals surface area contributed by atoms with Crippen molar-refractivity contribution in [2.45, 2.75) is 18.6 Å². The zero-order valence-electron chi connectivity index (χ0n) is 8.35. The van der Waals surface area contributed by atoms with Crippen molar-refractivity contribution in [1.29, 1.82) is 0 Å². The van der Waals surface area contributed by atoms with Crippen LogP contribution in [0.15, 0.2) is 17.6 Å². The molecular weight excluding hydrogens is 198 g/mol. The van der Waals surface area contributed by atoms with Crippen molar-refractivity contribution in [3.63, 3.8) is 0 Å². The first-order valence-corrected chi connectivity index (χ1v) is 4.50. The molecule has 7 heteroatoms. The summed E-state index contributed by atoms with van der Waals surface area (Å²) >= 11 is 0. The monoisotopic (exact) mass is 211 g/mol. The smallest absolute Gasteiger partial charge is 0.123 e. The van der Waals surface area contributed by atoms with E-state index >= 15 is 0 Å². The van der Waals surface area contributed by atoms with Gasteiger partial charge in [-0.3, -0.25) is 0 Å². The fraction of sp³-hybridized carbons (Fsp3) is 0.625. The summed E-state index contributed by atoms with van der Waals surface area (Å²) in [6.45, 7) is 0.154. The van der Waals surface area contributed by atoms with E-state index in [1.165, 1.54) is 0 Å². The molecule has 82 valence electrons. The number of azide groups is 1. The lowest BCUT2D eigenvalue weighted by molar-refractivity contribution is 0.0127. The van der Waals surface area contributed by atoms with Crippen molar-refractivity contribution in [3.05, 3.63) is 28.7 Å². The molecule has 2 N–H and O–H groups in total. The number of aromatic nitrogens is 2. The Bertz CT molecular complexity index is 358. The zero-order valence-corrected chi connectivity index (χ0v) is 8.35. The maximum absolute atomic E-state index is 9.64. The summed E-state index contributed by atoms with van der Waals surface area (Å²) in [4.78, 5) is 6.47. The van der Waals surface area contributed by atoms with Crippen LogP contribution in [0.4, 0.5) is 0 Å². The third-order valence-electron chi connectivity index (χ3n) is 1.98. The third kappa shape index (κ3) is 3.25. The van der Waals surface area contributed by atoms with Crippen molar-refractivity contribution in [1.82, 2.24) is 9.55 Å². The van der Waals surface area contributed by atoms with Gasteiger partial charge in [-0.2, -0.15) is 0 Å². The lowest BCUT2D eigenvalue weighted by Crippen LogP contribution is -2.19. The minimum atomic E-state index is -1.04. The Morgan fingerprint density at radius 3 is 2.93 bits per heavy atom. The van der Waals surface area contributed by atoms with Crippen LogP contribution < -0.4 is 0 Å². The van der Waals surface area contributed by atoms with Gasteiger partial charge in [0.05, 0.1) is 18.1 Å². The first-order chi connectivity index (χ1) is 7.15. The molecule has 2 unspecified atom stereocenters. The number of nitrogens with zero attached hydrogens (tertiary/aromatic N) is 5. The molecule has 0 bridgehead atoms. The molecule has 0 radical (unpaired) electrons. The van der Waals surface area contributed by atoms with E-state index in [9.17, 15) is 10.2 Å². The molecule has 0 saturated heterocycles. The summed E-state index contributed by atoms with van der Waals surface area (Å²) in [5, 5.41) is 22.4. The Hall–Kier alpha value is -1.56. The van der Waals surface area contributed by atoms with Crippen LogP contribution in [0.5, 0.6) is 0 Å². The average molecular weight is 211 g/mol. The van der Waals surface area contributed by atoms with Crippen LogP contribution in [0.1, 0.15) is 18.2 Å². The molecule has 7 nitrogen and oxygen atoms in total. The van der Waals surface area contributed by atoms with Crippen molar-refractivity contribution >= 4 is 0 Å². The largest absolute Gasteiger partial charge is 0.390 e. The number of aliphatic hydroxyl groups excluding tert-OH is 2. The van der Waals surface area contributed by atoms with Gasteiger partial charge >= 0.3 is 0 Å². The molecule has 0 fully saturated rings. The van der Waals surface area contributed by atoms with E-state index in [0.717, 1.165) is 0 Å². The third-order valence-corrected chi connectivity index (χ3v) is 1.98. The van der Waals surface area contributed by atoms with Gasteiger partial charge in [-0.05, 0) is 12.0 Å². The predicted octanol–water partition coefficient (Wildman–Crippen LogP) is 0.515. The minimum Gasteiger partial charge on any atom is -0.390 e. The fourth-order valence-electron chi connectivity index (χ4n) is 1.18. The van der Waals surface area contributed by atoms with Gasteiger partial charge < -0.3 is 14.8 Å². The molecule has 1 heterocycles. The second kappa shape index (κ2) is 5.35. The molecule has 0 saturated carbocycles. The molecule has 0 aliphatic rings. The molecule has 0 amide bonds. The maximum Gasteiger partial charge on any atom is 0.123 e. The molecule has 1 rings (SSSR count). The van der Waals surface area contributed by atoms with Gasteiger partial charge in [0, 0.05) is 24.7 Å². The zero-order chi connectivity index (χ0) is 11.3. The Labute approximate surface area is 86.6 Å². The Kier molecular flexibility index (Phi) is 4.11. The van der Waals surface area contributed by atoms with Crippen LogP contribution in [-0.2, 0) is 7.05 Å². The molecule has 2 atom stereocenters. The fourth-order valence-corrected chi connectivity index (χ4v) is 1.18. The van der Waals surface area contributed by atoms with Gasteiger partial charge in [-0.25, -0.2) is 4.98 Å². The van der Waals surface area contributed by atoms with Crippen molar-refractivity contribution < 1.29 is 10.2 Å². The average Bonchev–Trinajstić information content (AvgIpc) is 2.64. The van der Waals surface area contributed by atoms with Crippen LogP contribution >= 0.6 is 0 Å². The highest BCUT2D eigenvalue weighted by Gasteiger charge is 2.19. The van der Waals surface area contributed by atoms with Gasteiger partial charge in [0.15, 0.2) is 0 Å². The Morgan fingerprint density at radius 2 is 2.40 bits per heavy atom. The first kappa shape index (κ1) is 11.5. The van der Waals surface area contributed by atoms with Gasteiger partial charge in [-0.1, -0.05) is 5.11 Å². The molecule has 0 aromatic carbocycles. The highest BCUT2D eigenvalue weighted by molar-refractivity contribution is 5.02. The molecule has 0 spiro atoms. The van der Waals surface area contributed by atoms with E-state index < -0.39 is 12.2 Å². The molecule has 1 aromatic heterocycles. The van der Waals surface area contributed by atoms with Gasteiger partial charge in [0.2, 0.25) is 0 Å². The second-order valence-corrected chi connectivity index (χ2v) is 3.22. The first-order valence-electron chi connectivity index (χ1n) is 4.50. The quantitative estimate of drug-likeness (QED) is 0.421. The Morgan fingerprint density at radius 1 is 1.67 bits per heavy atom. The van der Waals surface area contributed by atoms with Crippen LogP contribution in [0, 0.1) is 0 Å². The number of imidazole rings is 1. The highest BCUT2D eigenvalue weighted by Crippen LogP contribution is 2.16. The van der Waals surface area contributed by atoms with Crippen LogP contribution in [0.3, 0.4) is 0 Å². The van der Waals surface area contributed by atoms with E-state index in [4.69, 9.17) is 5.53 Å². The summed E-state index contributed by atoms with van der Waals surface area (Å²) in [5.41, 5.74) is 8.44. The summed E-state index contributed by atoms with van der Waals surface area (Å²) in [7, 11) is 1.77. The van der Waals surface area contributed by atoms with E-state index in [1.807, 2.05) is 0 Å². The number of aryl methyl sites for hydroxylation is 1. The molecular formula is C8H13N5O2. The van der Waals surface area contributed by atoms with Crippen molar-refractivity contribution in [2.75, 3.05) is 6.54 Å². The van der Waals surface area contributed by atoms with E-state index in [-0.39, 0.29) is 13.0 Å². The van der Waals surface area contributed by atoms with E-state index in [0.29, 0.717) is 5.69 Å². The minimum absolute atomic E-state index is 0.154. The lowest BCUT2D eigenvalue weighted by Gasteiger charge is -2.14. The van der Waals surface area contributed by atoms with Gasteiger partial charge in [0.25, 0.3) is 0 Å². The SMILES string of the molecule is Cn1cnc(C(O)C(O)CCN=[N+]=[N-])c1. The van der Waals surface area contributed by atoms with Gasteiger partial charge in [0.1, 0.15) is 6.10 Å². The maximum atomic E-state index is 9.64. The molecule has 15 heavy (non-hydrogen) atoms. The second-order valence-electron chi connectivity index (χ2n) is 3.22. The number of aliphatic hydroxyl groups is 2. The lowest BCUT2D eigenvalue weighted by atomic mass is 10.1. The summed E-state index contributed by atoms with van der Waals surface area (Å²) in [6, 6.07) is 0. The van der Waals surface area contributed by atoms with Crippen LogP contribution in [0.2, 0.25) is 0 Å². The summed E-state index contributed by atoms with van der Waals surface area (Å²) in [6.07, 6.45) is 1.37. The standard InChI is InChI=1S/C8H13N5O2/c1-13-4-6(10-5-13)8(15)7(14)2-3-11-12-9/h4-5,7-8,14-15H,2-3H2,1H3. The normalized spacial score (nSPS) is 14.3. The van der Waals surface area contributed by atoms with Crippen molar-refractivity contribution in [2.24, 2.45) is 12.2 Å². The summed E-state index contributed by atoms with van der Waals surface area (Å²) in [5.74, 6) is 0. The molecule has 0 aliphatic carbocycles. The van der Waals surface area contributed by atoms with Crippen LogP contribution in [0.25, 0.3) is 10.4 Å². The van der Waals surface area contributed by atoms with Crippen LogP contribution in [-0.4, -0.2) is 32.4 Å². The highest BCUT2D eigenvalue weighted by atomic mass is 16.3. The van der Waals surface area contributed by atoms with E-state index in [1.54, 1.807) is 24.1 Å². The van der Waals surface area contributed by atoms with E-state index in [2.05, 4.69) is 15.0 Å². The Balaban J connectivity index is 2.52. The predicted molar refractivity (Wildman–Crippen MR) is 52.8 cm³/mol. The number of rotatable bonds is 5. The number of hydrogen-bond donors (Lipinski definition) is 2. The topological polar surface area (TPSA) is 107 Å². The molecule has 1 aromatic rings. The number of hydrogen-bond acceptors (Lipinski definition) is 4. The summed E-state index contributed by atoms with van der Waals surface area (Å²) < 4.78 is 1.68.